The summed E-state index contributed by atoms with van der Waals surface area (Å²) in [4.78, 5) is 62.5. The molecule has 0 saturated heterocycles. The average molecular weight is 1010 g/mol. The first-order valence-corrected chi connectivity index (χ1v) is 27.1. The third-order valence-corrected chi connectivity index (χ3v) is 13.9. The molecular formula is C58H80N10O6. The van der Waals surface area contributed by atoms with Crippen molar-refractivity contribution < 1.29 is 19.8 Å². The molecule has 2 atom stereocenters. The van der Waals surface area contributed by atoms with Crippen molar-refractivity contribution in [3.8, 4) is 17.8 Å². The Balaban J connectivity index is 1.47. The van der Waals surface area contributed by atoms with E-state index in [0.717, 1.165) is 86.2 Å². The highest BCUT2D eigenvalue weighted by Crippen LogP contribution is 2.35. The summed E-state index contributed by atoms with van der Waals surface area (Å²) in [6, 6.07) is 15.6. The molecule has 398 valence electrons. The largest absolute Gasteiger partial charge is 0.503 e. The van der Waals surface area contributed by atoms with Gasteiger partial charge in [-0.25, -0.2) is 4.85 Å². The molecule has 2 amide bonds. The van der Waals surface area contributed by atoms with Gasteiger partial charge in [0.2, 0.25) is 11.6 Å². The lowest BCUT2D eigenvalue weighted by atomic mass is 9.95. The van der Waals surface area contributed by atoms with E-state index in [-0.39, 0.29) is 58.7 Å². The molecular weight excluding hydrogens is 933 g/mol. The number of rotatable bonds is 31. The Morgan fingerprint density at radius 1 is 0.635 bits per heavy atom. The molecule has 2 aromatic heterocycles. The zero-order valence-electron chi connectivity index (χ0n) is 45.3. The molecule has 2 aromatic carbocycles. The molecule has 74 heavy (non-hydrogen) atoms. The third kappa shape index (κ3) is 16.3. The first-order chi connectivity index (χ1) is 35.7. The number of pyridine rings is 2. The molecule has 0 radical (unpaired) electrons. The highest BCUT2D eigenvalue weighted by Gasteiger charge is 2.25. The molecule has 2 heterocycles. The molecule has 0 spiro atoms. The Bertz CT molecular complexity index is 2720. The summed E-state index contributed by atoms with van der Waals surface area (Å²) in [6.07, 6.45) is 14.3. The molecule has 2 unspecified atom stereocenters. The summed E-state index contributed by atoms with van der Waals surface area (Å²) < 4.78 is 2.22. The maximum absolute atomic E-state index is 14.2. The van der Waals surface area contributed by atoms with Crippen molar-refractivity contribution in [1.29, 1.82) is 5.26 Å². The van der Waals surface area contributed by atoms with E-state index < -0.39 is 22.9 Å². The maximum Gasteiger partial charge on any atom is 0.281 e. The fourth-order valence-corrected chi connectivity index (χ4v) is 9.07. The zero-order chi connectivity index (χ0) is 54.2. The molecule has 0 aliphatic heterocycles. The topological polar surface area (TPSA) is 203 Å². The number of nitrogens with zero attached hydrogens (tertiary/aromatic N) is 10. The van der Waals surface area contributed by atoms with E-state index in [2.05, 4.69) is 66.8 Å². The van der Waals surface area contributed by atoms with Crippen LogP contribution in [-0.2, 0) is 13.1 Å². The van der Waals surface area contributed by atoms with Crippen LogP contribution in [0.1, 0.15) is 182 Å². The Morgan fingerprint density at radius 3 is 1.64 bits per heavy atom. The SMILES string of the molecule is [C-]#[N+]c1c(C)c(N=Nc2ccc(C(=O)N(CCCC)CCCC)cc2)c(=O)n(CCCCCCn2c(O)c(C#N)c(C)c(N=Nc3cccc(C(=O)N(CC(CC)CCCC)CC(CC)CCCC)c3)c2=O)c1O. The van der Waals surface area contributed by atoms with Gasteiger partial charge in [-0.05, 0) is 112 Å². The number of hydrogen-bond donors (Lipinski definition) is 2. The number of carbonyl (C=O) groups excluding carboxylic acids is 2. The molecule has 16 heteroatoms. The van der Waals surface area contributed by atoms with Crippen LogP contribution in [0.4, 0.5) is 28.4 Å². The fraction of sp³-hybridized carbons (Fsp3) is 0.552. The second-order valence-corrected chi connectivity index (χ2v) is 19.4. The van der Waals surface area contributed by atoms with E-state index in [1.54, 1.807) is 48.5 Å². The van der Waals surface area contributed by atoms with Gasteiger partial charge in [0.05, 0.1) is 17.9 Å². The fourth-order valence-electron chi connectivity index (χ4n) is 9.07. The summed E-state index contributed by atoms with van der Waals surface area (Å²) in [5, 5.41) is 49.4. The van der Waals surface area contributed by atoms with Gasteiger partial charge in [0.1, 0.15) is 17.3 Å². The first-order valence-electron chi connectivity index (χ1n) is 27.1. The van der Waals surface area contributed by atoms with Crippen molar-refractivity contribution in [2.75, 3.05) is 26.2 Å². The third-order valence-electron chi connectivity index (χ3n) is 13.9. The van der Waals surface area contributed by atoms with E-state index in [1.807, 2.05) is 15.9 Å². The standard InChI is InChI=1S/C58H80N10O6/c1-10-16-25-43(14-5)39-66(40-44(15-6)26-17-11-2)54(70)46-27-24-28-48(37-46)62-63-51-41(7)49(38-59)55(71)67(57(51)73)35-22-20-21-23-36-68-56(72)50(60-9)42(8)52(58(68)74)64-61-47-31-29-45(30-32-47)53(69)65(33-18-12-3)34-19-13-4/h24,27-32,37,43-44,71-72H,10-23,25-26,33-36,39-40H2,1-8H3. The quantitative estimate of drug-likeness (QED) is 0.0283. The predicted molar refractivity (Wildman–Crippen MR) is 293 cm³/mol. The molecule has 16 nitrogen and oxygen atoms in total. The molecule has 0 bridgehead atoms. The van der Waals surface area contributed by atoms with Gasteiger partial charge >= 0.3 is 0 Å². The zero-order valence-corrected chi connectivity index (χ0v) is 45.3. The van der Waals surface area contributed by atoms with E-state index in [9.17, 15) is 34.7 Å². The number of aromatic hydroxyl groups is 2. The van der Waals surface area contributed by atoms with Crippen molar-refractivity contribution in [1.82, 2.24) is 18.9 Å². The van der Waals surface area contributed by atoms with Gasteiger partial charge in [0.25, 0.3) is 22.9 Å². The van der Waals surface area contributed by atoms with Gasteiger partial charge in [0, 0.05) is 56.0 Å². The second-order valence-electron chi connectivity index (χ2n) is 19.4. The summed E-state index contributed by atoms with van der Waals surface area (Å²) in [5.41, 5.74) is 0.529. The van der Waals surface area contributed by atoms with E-state index in [4.69, 9.17) is 6.57 Å². The molecule has 4 aromatic rings. The molecule has 0 aliphatic rings. The number of hydrogen-bond acceptors (Lipinski definition) is 11. The van der Waals surface area contributed by atoms with Gasteiger partial charge in [-0.3, -0.25) is 28.3 Å². The molecule has 0 aliphatic carbocycles. The monoisotopic (exact) mass is 1010 g/mol. The molecule has 2 N–H and O–H groups in total. The lowest BCUT2D eigenvalue weighted by Gasteiger charge is -2.31. The van der Waals surface area contributed by atoms with Crippen LogP contribution in [0.3, 0.4) is 0 Å². The molecule has 0 saturated carbocycles. The minimum absolute atomic E-state index is 0.0521. The van der Waals surface area contributed by atoms with Gasteiger partial charge in [-0.1, -0.05) is 112 Å². The average Bonchev–Trinajstić information content (AvgIpc) is 3.40. The lowest BCUT2D eigenvalue weighted by molar-refractivity contribution is 0.0684. The lowest BCUT2D eigenvalue weighted by Crippen LogP contribution is -2.39. The van der Waals surface area contributed by atoms with Crippen LogP contribution in [0, 0.1) is 43.6 Å². The summed E-state index contributed by atoms with van der Waals surface area (Å²) >= 11 is 0. The molecule has 4 rings (SSSR count). The Hall–Kier alpha value is -6.94. The normalized spacial score (nSPS) is 12.2. The number of carbonyl (C=O) groups is 2. The summed E-state index contributed by atoms with van der Waals surface area (Å²) in [7, 11) is 0. The Labute approximate surface area is 438 Å². The van der Waals surface area contributed by atoms with E-state index in [0.29, 0.717) is 86.2 Å². The number of azo groups is 2. The smallest absolute Gasteiger partial charge is 0.281 e. The number of amides is 2. The predicted octanol–water partition coefficient (Wildman–Crippen LogP) is 14.5. The van der Waals surface area contributed by atoms with Crippen LogP contribution in [0.25, 0.3) is 4.85 Å². The minimum atomic E-state index is -0.623. The summed E-state index contributed by atoms with van der Waals surface area (Å²) in [5.74, 6) is -0.257. The van der Waals surface area contributed by atoms with Gasteiger partial charge in [-0.2, -0.15) is 15.5 Å². The van der Waals surface area contributed by atoms with Crippen LogP contribution in [-0.4, -0.2) is 67.1 Å². The highest BCUT2D eigenvalue weighted by molar-refractivity contribution is 5.95. The number of benzene rings is 2. The van der Waals surface area contributed by atoms with Crippen molar-refractivity contribution in [3.05, 3.63) is 108 Å². The van der Waals surface area contributed by atoms with Crippen molar-refractivity contribution >= 4 is 40.3 Å². The van der Waals surface area contributed by atoms with Crippen LogP contribution in [0.15, 0.2) is 78.6 Å². The number of aromatic nitrogens is 2. The van der Waals surface area contributed by atoms with Crippen LogP contribution < -0.4 is 11.1 Å². The molecule has 0 fully saturated rings. The van der Waals surface area contributed by atoms with Gasteiger partial charge in [-0.15, -0.1) is 10.2 Å². The Morgan fingerprint density at radius 2 is 1.14 bits per heavy atom. The Kier molecular flexibility index (Phi) is 24.9. The highest BCUT2D eigenvalue weighted by atomic mass is 16.3. The van der Waals surface area contributed by atoms with Crippen molar-refractivity contribution in [3.63, 3.8) is 0 Å². The van der Waals surface area contributed by atoms with Crippen molar-refractivity contribution in [2.24, 2.45) is 32.3 Å². The van der Waals surface area contributed by atoms with Gasteiger partial charge < -0.3 is 20.0 Å². The van der Waals surface area contributed by atoms with Crippen LogP contribution in [0.5, 0.6) is 11.8 Å². The van der Waals surface area contributed by atoms with Crippen molar-refractivity contribution in [2.45, 2.75) is 171 Å². The van der Waals surface area contributed by atoms with Crippen LogP contribution in [0.2, 0.25) is 0 Å². The van der Waals surface area contributed by atoms with Crippen LogP contribution >= 0.6 is 0 Å². The van der Waals surface area contributed by atoms with Gasteiger partial charge in [0.15, 0.2) is 11.6 Å². The first kappa shape index (κ1) is 59.6. The minimum Gasteiger partial charge on any atom is -0.503 e. The number of unbranched alkanes of at least 4 members (excludes halogenated alkanes) is 7. The van der Waals surface area contributed by atoms with E-state index >= 15 is 0 Å². The van der Waals surface area contributed by atoms with E-state index in [1.165, 1.54) is 13.8 Å². The maximum atomic E-state index is 14.2. The number of nitriles is 1. The summed E-state index contributed by atoms with van der Waals surface area (Å²) in [6.45, 7) is 26.6. The second kappa shape index (κ2) is 30.9.